The van der Waals surface area contributed by atoms with Crippen LogP contribution >= 0.6 is 0 Å². The number of benzene rings is 1. The number of carbonyl (C=O) groups is 12. The molecule has 0 spiro atoms. The van der Waals surface area contributed by atoms with Gasteiger partial charge in [-0.05, 0) is 52.0 Å². The second-order valence-corrected chi connectivity index (χ2v) is 26.0. The van der Waals surface area contributed by atoms with Crippen molar-refractivity contribution in [1.29, 1.82) is 0 Å². The Kier molecular flexibility index (Phi) is 32.5. The van der Waals surface area contributed by atoms with E-state index in [1.54, 1.807) is 30.3 Å². The van der Waals surface area contributed by atoms with Crippen molar-refractivity contribution in [3.05, 3.63) is 82.3 Å². The number of carboxylic acids is 1. The van der Waals surface area contributed by atoms with Crippen LogP contribution in [0.4, 0.5) is 0 Å². The number of nitrogens with one attached hydrogen (secondary N) is 10. The van der Waals surface area contributed by atoms with Crippen molar-refractivity contribution in [2.24, 2.45) is 12.5 Å². The molecule has 14 atom stereocenters. The van der Waals surface area contributed by atoms with E-state index in [0.717, 1.165) is 59.7 Å². The number of aliphatic hydroxyl groups excluding tert-OH is 7. The number of aliphatic carboxylic acids is 1. The van der Waals surface area contributed by atoms with Gasteiger partial charge in [0.15, 0.2) is 18.0 Å². The maximum absolute atomic E-state index is 14.1. The van der Waals surface area contributed by atoms with E-state index in [1.165, 1.54) is 44.9 Å². The lowest BCUT2D eigenvalue weighted by molar-refractivity contribution is -0.156. The fourth-order valence-corrected chi connectivity index (χ4v) is 9.61. The summed E-state index contributed by atoms with van der Waals surface area (Å²) < 4.78 is 6.96. The van der Waals surface area contributed by atoms with Crippen LogP contribution in [0.5, 0.6) is 5.75 Å². The Morgan fingerprint density at radius 1 is 0.657 bits per heavy atom. The number of amides is 11. The Balaban J connectivity index is 1.74. The number of imidazole rings is 1. The number of methoxy groups -OCH3 is 1. The lowest BCUT2D eigenvalue weighted by Gasteiger charge is -2.36. The molecule has 3 aromatic rings. The molecule has 0 fully saturated rings. The molecule has 40 heteroatoms. The average molecular weight is 1450 g/mol. The second kappa shape index (κ2) is 38.3. The summed E-state index contributed by atoms with van der Waals surface area (Å²) in [4.78, 5) is 178. The lowest BCUT2D eigenvalue weighted by atomic mass is 9.85. The van der Waals surface area contributed by atoms with Gasteiger partial charge in [-0.1, -0.05) is 51.1 Å². The van der Waals surface area contributed by atoms with Gasteiger partial charge in [-0.15, -0.1) is 0 Å². The molecule has 2 heterocycles. The average Bonchev–Trinajstić information content (AvgIpc) is 1.23. The highest BCUT2D eigenvalue weighted by molar-refractivity contribution is 5.99. The first-order chi connectivity index (χ1) is 47.3. The predicted octanol–water partition coefficient (Wildman–Crippen LogP) is -9.51. The number of carboxylic acid groups (broad SMARTS) is 1. The van der Waals surface area contributed by atoms with E-state index < -0.39 is 229 Å². The highest BCUT2D eigenvalue weighted by Crippen LogP contribution is 2.23. The van der Waals surface area contributed by atoms with Crippen LogP contribution in [0.1, 0.15) is 91.3 Å². The van der Waals surface area contributed by atoms with E-state index in [1.807, 2.05) is 0 Å². The third-order valence-corrected chi connectivity index (χ3v) is 15.7. The Morgan fingerprint density at radius 2 is 1.19 bits per heavy atom. The van der Waals surface area contributed by atoms with Crippen LogP contribution in [0.2, 0.25) is 0 Å². The molecule has 568 valence electrons. The SMILES string of the molecule is CO[C@@H](CNC(=O)[C@H](NC(=O)[C@H](O)[C@H](C)O)[C@H](O)c1cncn1C)[C@H](O)[C@H](O)C(=O)N(C)[C@@H](Cc1ccccc1)C(=O)NCC(=O)N[C@H](C(=O)N[C@@H](CO)C(=O)N[C@H](C(=O)N[C@H](C(=O)N[C@@H](CO)C(=O)N[C@H](CCC(=O)NCc1cc(=O)c(O)cn1O)C(=O)O)C(C)(C)C)C(C)(C)O)C(C)(C)O. The number of aromatic nitrogens is 3. The first-order valence-corrected chi connectivity index (χ1v) is 31.5. The topological polar surface area (TPSA) is 620 Å². The first-order valence-electron chi connectivity index (χ1n) is 31.5. The highest BCUT2D eigenvalue weighted by atomic mass is 16.5. The van der Waals surface area contributed by atoms with E-state index in [4.69, 9.17) is 4.74 Å². The zero-order chi connectivity index (χ0) is 77.6. The molecule has 0 bridgehead atoms. The molecule has 0 saturated heterocycles. The van der Waals surface area contributed by atoms with Crippen molar-refractivity contribution in [3.8, 4) is 5.75 Å². The largest absolute Gasteiger partial charge is 0.503 e. The third kappa shape index (κ3) is 25.4. The molecule has 0 aliphatic rings. The number of carbonyl (C=O) groups excluding carboxylic acids is 11. The van der Waals surface area contributed by atoms with E-state index in [0.29, 0.717) is 16.5 Å². The van der Waals surface area contributed by atoms with Gasteiger partial charge in [-0.3, -0.25) is 57.5 Å². The molecule has 0 aliphatic carbocycles. The van der Waals surface area contributed by atoms with Crippen LogP contribution in [0.3, 0.4) is 0 Å². The van der Waals surface area contributed by atoms with Crippen LogP contribution < -0.4 is 58.6 Å². The van der Waals surface area contributed by atoms with Gasteiger partial charge in [-0.25, -0.2) is 9.78 Å². The number of hydrogen-bond acceptors (Lipinski definition) is 26. The van der Waals surface area contributed by atoms with Crippen molar-refractivity contribution >= 4 is 70.9 Å². The first kappa shape index (κ1) is 86.4. The number of hydrogen-bond donors (Lipinski definition) is 22. The van der Waals surface area contributed by atoms with Crippen LogP contribution in [0.15, 0.2) is 59.9 Å². The number of rotatable bonds is 39. The van der Waals surface area contributed by atoms with Crippen molar-refractivity contribution in [2.75, 3.05) is 40.5 Å². The Morgan fingerprint density at radius 3 is 1.70 bits per heavy atom. The van der Waals surface area contributed by atoms with Crippen LogP contribution in [0, 0.1) is 5.41 Å². The monoisotopic (exact) mass is 1450 g/mol. The Hall–Kier alpha value is -9.78. The van der Waals surface area contributed by atoms with E-state index >= 15 is 0 Å². The van der Waals surface area contributed by atoms with Crippen molar-refractivity contribution in [1.82, 2.24) is 72.3 Å². The van der Waals surface area contributed by atoms with Crippen molar-refractivity contribution in [3.63, 3.8) is 0 Å². The molecule has 2 aromatic heterocycles. The summed E-state index contributed by atoms with van der Waals surface area (Å²) in [7, 11) is 3.56. The molecule has 0 radical (unpaired) electrons. The smallest absolute Gasteiger partial charge is 0.326 e. The quantitative estimate of drug-likeness (QED) is 0.0236. The van der Waals surface area contributed by atoms with Crippen LogP contribution in [-0.4, -0.2) is 282 Å². The van der Waals surface area contributed by atoms with Gasteiger partial charge < -0.3 is 129 Å². The van der Waals surface area contributed by atoms with Gasteiger partial charge in [0.1, 0.15) is 66.6 Å². The third-order valence-electron chi connectivity index (χ3n) is 15.7. The molecule has 3 rings (SSSR count). The number of aryl methyl sites for hydroxylation is 1. The Labute approximate surface area is 583 Å². The van der Waals surface area contributed by atoms with E-state index in [9.17, 15) is 124 Å². The number of ether oxygens (including phenoxy) is 1. The number of aliphatic hydroxyl groups is 9. The molecule has 1 aromatic carbocycles. The molecule has 0 aliphatic heterocycles. The summed E-state index contributed by atoms with van der Waals surface area (Å²) in [5.41, 5.74) is -6.35. The summed E-state index contributed by atoms with van der Waals surface area (Å²) in [5.74, 6) is -15.7. The zero-order valence-electron chi connectivity index (χ0n) is 57.8. The maximum atomic E-state index is 14.1. The summed E-state index contributed by atoms with van der Waals surface area (Å²) in [6, 6.07) is -6.23. The van der Waals surface area contributed by atoms with Crippen LogP contribution in [0.25, 0.3) is 0 Å². The fraction of sp³-hybridized carbons (Fsp3) is 0.581. The van der Waals surface area contributed by atoms with Gasteiger partial charge >= 0.3 is 5.97 Å². The van der Waals surface area contributed by atoms with Crippen LogP contribution in [-0.2, 0) is 82.3 Å². The fourth-order valence-electron chi connectivity index (χ4n) is 9.61. The van der Waals surface area contributed by atoms with Gasteiger partial charge in [0, 0.05) is 46.7 Å². The van der Waals surface area contributed by atoms with Gasteiger partial charge in [0.05, 0.1) is 73.7 Å². The second-order valence-electron chi connectivity index (χ2n) is 26.0. The molecule has 102 heavy (non-hydrogen) atoms. The summed E-state index contributed by atoms with van der Waals surface area (Å²) >= 11 is 0. The van der Waals surface area contributed by atoms with E-state index in [2.05, 4.69) is 58.2 Å². The summed E-state index contributed by atoms with van der Waals surface area (Å²) in [6.45, 7) is 5.01. The maximum Gasteiger partial charge on any atom is 0.326 e. The standard InChI is InChI=1S/C62H94N14O26/c1-29(79)43(84)54(92)71-42(44(85)36-22-63-28-74(36)9)53(91)65-23-39(102-11)45(86)46(87)58(96)75(10)35(19-30-15-13-12-14-16-30)52(90)66-24-41(83)70-48(61(5,6)99)56(94)69-34(27-78)51(89)73-49(62(7,8)100)57(95)72-47(60(2,3)4)55(93)68-33(26-77)50(88)67-32(59(97)98)17-18-40(82)64-21-31-20-37(80)38(81)25-76(31)101/h12-16,20,22,25,28-29,32-35,39,42-49,77-79,81,84-87,99-101H,17-19,21,23-24,26-27H2,1-11H3,(H,64,82)(H,65,91)(H,66,90)(H,67,88)(H,68,93)(H,69,94)(H,70,83)(H,71,92)(H,72,95)(H,73,89)(H,97,98)/t29-,32+,33-,34-,35-,39-,42+,43+,44+,45-,46-,47+,48+,49+/m0/s1. The molecule has 11 amide bonds. The summed E-state index contributed by atoms with van der Waals surface area (Å²) in [5, 5.41) is 148. The van der Waals surface area contributed by atoms with Crippen molar-refractivity contribution < 1.29 is 124 Å². The normalized spacial score (nSPS) is 15.9. The highest BCUT2D eigenvalue weighted by Gasteiger charge is 2.44. The minimum absolute atomic E-state index is 0.0138. The van der Waals surface area contributed by atoms with Gasteiger partial charge in [0.25, 0.3) is 11.8 Å². The lowest BCUT2D eigenvalue weighted by Crippen LogP contribution is -2.66. The molecule has 40 nitrogen and oxygen atoms in total. The molecule has 0 unspecified atom stereocenters. The minimum atomic E-state index is -2.41. The molecular weight excluding hydrogens is 1360 g/mol. The number of likely N-dealkylation sites (N-methyl/N-ethyl adjacent to an activating group) is 1. The minimum Gasteiger partial charge on any atom is -0.503 e. The zero-order valence-corrected chi connectivity index (χ0v) is 57.8. The number of aromatic hydroxyl groups is 1. The van der Waals surface area contributed by atoms with Gasteiger partial charge in [-0.2, -0.15) is 4.73 Å². The van der Waals surface area contributed by atoms with Crippen molar-refractivity contribution in [2.45, 2.75) is 177 Å². The Bertz CT molecular complexity index is 3480. The molecule has 0 saturated carbocycles. The van der Waals surface area contributed by atoms with E-state index in [-0.39, 0.29) is 17.8 Å². The molecule has 22 N–H and O–H groups in total. The molecular formula is C62H94N14O26. The summed E-state index contributed by atoms with van der Waals surface area (Å²) in [6.07, 6.45) is -9.99. The number of pyridine rings is 1. The predicted molar refractivity (Wildman–Crippen MR) is 349 cm³/mol. The number of nitrogens with zero attached hydrogens (tertiary/aromatic N) is 4. The van der Waals surface area contributed by atoms with Gasteiger partial charge in [0.2, 0.25) is 58.6 Å².